The molecule has 0 saturated heterocycles. The van der Waals surface area contributed by atoms with Crippen LogP contribution in [0.5, 0.6) is 0 Å². The maximum atomic E-state index is 5.96. The minimum absolute atomic E-state index is 0.378. The van der Waals surface area contributed by atoms with Crippen LogP contribution in [0.2, 0.25) is 0 Å². The summed E-state index contributed by atoms with van der Waals surface area (Å²) < 4.78 is 0.378. The van der Waals surface area contributed by atoms with Crippen LogP contribution in [0.1, 0.15) is 44.6 Å². The van der Waals surface area contributed by atoms with Gasteiger partial charge in [-0.25, -0.2) is 9.97 Å². The summed E-state index contributed by atoms with van der Waals surface area (Å²) in [7, 11) is 0. The van der Waals surface area contributed by atoms with Gasteiger partial charge in [-0.3, -0.25) is 0 Å². The summed E-state index contributed by atoms with van der Waals surface area (Å²) in [6.45, 7) is 3.12. The Hall–Kier alpha value is -0.970. The molecule has 1 saturated carbocycles. The third-order valence-electron chi connectivity index (χ3n) is 4.00. The van der Waals surface area contributed by atoms with Gasteiger partial charge in [0.25, 0.3) is 0 Å². The number of hydrogen-bond donors (Lipinski definition) is 2. The summed E-state index contributed by atoms with van der Waals surface area (Å²) in [4.78, 5) is 8.47. The molecule has 1 heterocycles. The van der Waals surface area contributed by atoms with Gasteiger partial charge in [-0.15, -0.1) is 0 Å². The molecular formula is C14H24N4S. The summed E-state index contributed by atoms with van der Waals surface area (Å²) >= 11 is 1.99. The lowest BCUT2D eigenvalue weighted by atomic mass is 10.1. The van der Waals surface area contributed by atoms with Crippen molar-refractivity contribution in [3.8, 4) is 0 Å². The van der Waals surface area contributed by atoms with Crippen LogP contribution in [0, 0.1) is 0 Å². The molecule has 1 fully saturated rings. The Morgan fingerprint density at radius 1 is 1.37 bits per heavy atom. The standard InChI is InChI=1S/C14H24N4S/c1-3-6-11-12(15)17-10-18-13(11)16-9-14(19-2)7-4-5-8-14/h10H,3-9H2,1-2H3,(H3,15,16,17,18). The Labute approximate surface area is 120 Å². The third kappa shape index (κ3) is 3.32. The maximum absolute atomic E-state index is 5.96. The van der Waals surface area contributed by atoms with Crippen LogP contribution in [0.3, 0.4) is 0 Å². The van der Waals surface area contributed by atoms with E-state index in [4.69, 9.17) is 5.73 Å². The molecule has 0 aliphatic heterocycles. The Balaban J connectivity index is 2.08. The molecule has 0 radical (unpaired) electrons. The van der Waals surface area contributed by atoms with Crippen LogP contribution in [-0.4, -0.2) is 27.5 Å². The number of nitrogens with two attached hydrogens (primary N) is 1. The van der Waals surface area contributed by atoms with Crippen LogP contribution >= 0.6 is 11.8 Å². The van der Waals surface area contributed by atoms with Crippen molar-refractivity contribution in [3.63, 3.8) is 0 Å². The molecule has 0 amide bonds. The van der Waals surface area contributed by atoms with E-state index in [1.54, 1.807) is 6.33 Å². The van der Waals surface area contributed by atoms with E-state index >= 15 is 0 Å². The third-order valence-corrected chi connectivity index (χ3v) is 5.42. The molecule has 1 aliphatic rings. The van der Waals surface area contributed by atoms with Crippen molar-refractivity contribution in [1.29, 1.82) is 0 Å². The minimum atomic E-state index is 0.378. The molecule has 1 aliphatic carbocycles. The second kappa shape index (κ2) is 6.46. The molecule has 5 heteroatoms. The molecule has 106 valence electrons. The lowest BCUT2D eigenvalue weighted by molar-refractivity contribution is 0.638. The van der Waals surface area contributed by atoms with E-state index in [0.717, 1.165) is 30.8 Å². The van der Waals surface area contributed by atoms with Crippen LogP contribution < -0.4 is 11.1 Å². The number of nitrogen functional groups attached to an aromatic ring is 1. The first-order chi connectivity index (χ1) is 9.21. The lowest BCUT2D eigenvalue weighted by Crippen LogP contribution is -2.30. The Morgan fingerprint density at radius 2 is 2.11 bits per heavy atom. The normalized spacial score (nSPS) is 17.6. The van der Waals surface area contributed by atoms with E-state index in [9.17, 15) is 0 Å². The van der Waals surface area contributed by atoms with Gasteiger partial charge in [-0.2, -0.15) is 11.8 Å². The van der Waals surface area contributed by atoms with Crippen molar-refractivity contribution in [3.05, 3.63) is 11.9 Å². The first-order valence-corrected chi connectivity index (χ1v) is 8.31. The Bertz CT molecular complexity index is 416. The van der Waals surface area contributed by atoms with Crippen LogP contribution in [0.25, 0.3) is 0 Å². The Kier molecular flexibility index (Phi) is 4.91. The van der Waals surface area contributed by atoms with Gasteiger partial charge >= 0.3 is 0 Å². The number of rotatable bonds is 6. The highest BCUT2D eigenvalue weighted by Gasteiger charge is 2.32. The van der Waals surface area contributed by atoms with Crippen molar-refractivity contribution in [2.45, 2.75) is 50.2 Å². The zero-order valence-corrected chi connectivity index (χ0v) is 12.7. The quantitative estimate of drug-likeness (QED) is 0.838. The van der Waals surface area contributed by atoms with Gasteiger partial charge in [0.15, 0.2) is 0 Å². The fourth-order valence-corrected chi connectivity index (χ4v) is 3.71. The van der Waals surface area contributed by atoms with Gasteiger partial charge in [0.1, 0.15) is 18.0 Å². The molecule has 4 nitrogen and oxygen atoms in total. The van der Waals surface area contributed by atoms with E-state index in [0.29, 0.717) is 10.6 Å². The van der Waals surface area contributed by atoms with Gasteiger partial charge < -0.3 is 11.1 Å². The molecule has 1 aromatic rings. The monoisotopic (exact) mass is 280 g/mol. The lowest BCUT2D eigenvalue weighted by Gasteiger charge is -2.27. The number of hydrogen-bond acceptors (Lipinski definition) is 5. The summed E-state index contributed by atoms with van der Waals surface area (Å²) in [6.07, 6.45) is 11.0. The summed E-state index contributed by atoms with van der Waals surface area (Å²) in [5.41, 5.74) is 7.03. The van der Waals surface area contributed by atoms with E-state index in [1.807, 2.05) is 11.8 Å². The molecule has 3 N–H and O–H groups in total. The summed E-state index contributed by atoms with van der Waals surface area (Å²) in [5.74, 6) is 1.54. The fraction of sp³-hybridized carbons (Fsp3) is 0.714. The van der Waals surface area contributed by atoms with Gasteiger partial charge in [0.2, 0.25) is 0 Å². The smallest absolute Gasteiger partial charge is 0.134 e. The molecule has 0 spiro atoms. The molecule has 0 unspecified atom stereocenters. The van der Waals surface area contributed by atoms with Crippen LogP contribution in [-0.2, 0) is 6.42 Å². The van der Waals surface area contributed by atoms with Crippen molar-refractivity contribution in [2.24, 2.45) is 0 Å². The van der Waals surface area contributed by atoms with Gasteiger partial charge in [-0.05, 0) is 25.5 Å². The summed E-state index contributed by atoms with van der Waals surface area (Å²) in [5, 5.41) is 3.52. The van der Waals surface area contributed by atoms with Gasteiger partial charge in [0, 0.05) is 16.9 Å². The van der Waals surface area contributed by atoms with Crippen molar-refractivity contribution < 1.29 is 0 Å². The minimum Gasteiger partial charge on any atom is -0.383 e. The molecule has 19 heavy (non-hydrogen) atoms. The molecule has 0 atom stereocenters. The largest absolute Gasteiger partial charge is 0.383 e. The highest BCUT2D eigenvalue weighted by Crippen LogP contribution is 2.40. The van der Waals surface area contributed by atoms with Gasteiger partial charge in [-0.1, -0.05) is 26.2 Å². The number of nitrogens with zero attached hydrogens (tertiary/aromatic N) is 2. The van der Waals surface area contributed by atoms with E-state index in [2.05, 4.69) is 28.5 Å². The topological polar surface area (TPSA) is 63.8 Å². The second-order valence-corrected chi connectivity index (χ2v) is 6.56. The highest BCUT2D eigenvalue weighted by molar-refractivity contribution is 8.00. The number of thioether (sulfide) groups is 1. The first-order valence-electron chi connectivity index (χ1n) is 7.09. The average molecular weight is 280 g/mol. The van der Waals surface area contributed by atoms with Crippen LogP contribution in [0.15, 0.2) is 6.33 Å². The van der Waals surface area contributed by atoms with E-state index in [1.165, 1.54) is 25.7 Å². The van der Waals surface area contributed by atoms with Crippen molar-refractivity contribution >= 4 is 23.4 Å². The molecule has 2 rings (SSSR count). The zero-order valence-electron chi connectivity index (χ0n) is 11.9. The zero-order chi connectivity index (χ0) is 13.7. The van der Waals surface area contributed by atoms with Crippen molar-refractivity contribution in [2.75, 3.05) is 23.9 Å². The van der Waals surface area contributed by atoms with Crippen LogP contribution in [0.4, 0.5) is 11.6 Å². The summed E-state index contributed by atoms with van der Waals surface area (Å²) in [6, 6.07) is 0. The SMILES string of the molecule is CCCc1c(N)ncnc1NCC1(SC)CCCC1. The van der Waals surface area contributed by atoms with E-state index in [-0.39, 0.29) is 0 Å². The highest BCUT2D eigenvalue weighted by atomic mass is 32.2. The maximum Gasteiger partial charge on any atom is 0.134 e. The van der Waals surface area contributed by atoms with Crippen molar-refractivity contribution in [1.82, 2.24) is 9.97 Å². The Morgan fingerprint density at radius 3 is 2.74 bits per heavy atom. The fourth-order valence-electron chi connectivity index (χ4n) is 2.79. The predicted molar refractivity (Wildman–Crippen MR) is 83.6 cm³/mol. The predicted octanol–water partition coefficient (Wildman–Crippen LogP) is 3.10. The number of anilines is 2. The van der Waals surface area contributed by atoms with Gasteiger partial charge in [0.05, 0.1) is 0 Å². The number of nitrogens with one attached hydrogen (secondary N) is 1. The number of aromatic nitrogens is 2. The first kappa shape index (κ1) is 14.4. The molecule has 0 aromatic carbocycles. The van der Waals surface area contributed by atoms with E-state index < -0.39 is 0 Å². The average Bonchev–Trinajstić information content (AvgIpc) is 2.89. The molecule has 0 bridgehead atoms. The second-order valence-electron chi connectivity index (χ2n) is 5.28. The molecule has 1 aromatic heterocycles. The molecular weight excluding hydrogens is 256 g/mol.